The van der Waals surface area contributed by atoms with Gasteiger partial charge in [-0.1, -0.05) is 17.7 Å². The normalized spacial score (nSPS) is 10.1. The predicted molar refractivity (Wildman–Crippen MR) is 56.9 cm³/mol. The van der Waals surface area contributed by atoms with Crippen molar-refractivity contribution in [2.75, 3.05) is 0 Å². The zero-order valence-corrected chi connectivity index (χ0v) is 8.78. The summed E-state index contributed by atoms with van der Waals surface area (Å²) in [6.45, 7) is 0. The molecule has 3 nitrogen and oxygen atoms in total. The molecule has 0 fully saturated rings. The van der Waals surface area contributed by atoms with Crippen LogP contribution in [0.1, 0.15) is 15.9 Å². The lowest BCUT2D eigenvalue weighted by atomic mass is 10.1. The van der Waals surface area contributed by atoms with E-state index in [4.69, 9.17) is 11.6 Å². The van der Waals surface area contributed by atoms with Gasteiger partial charge in [0.15, 0.2) is 0 Å². The molecule has 1 heterocycles. The number of ketones is 1. The van der Waals surface area contributed by atoms with Gasteiger partial charge in [0.2, 0.25) is 5.78 Å². The number of hydrogen-bond donors (Lipinski definition) is 0. The van der Waals surface area contributed by atoms with Gasteiger partial charge < -0.3 is 0 Å². The maximum absolute atomic E-state index is 13.4. The molecule has 5 heteroatoms. The van der Waals surface area contributed by atoms with Crippen molar-refractivity contribution in [2.45, 2.75) is 0 Å². The topological polar surface area (TPSA) is 42.9 Å². The molecule has 0 unspecified atom stereocenters. The maximum Gasteiger partial charge on any atom is 0.200 e. The minimum Gasteiger partial charge on any atom is -0.288 e. The van der Waals surface area contributed by atoms with Crippen LogP contribution >= 0.6 is 11.6 Å². The number of benzene rings is 1. The van der Waals surface area contributed by atoms with Crippen molar-refractivity contribution in [1.29, 1.82) is 0 Å². The second-order valence-electron chi connectivity index (χ2n) is 3.05. The highest BCUT2D eigenvalue weighted by Crippen LogP contribution is 2.21. The summed E-state index contributed by atoms with van der Waals surface area (Å²) in [5.74, 6) is -1.18. The third-order valence-electron chi connectivity index (χ3n) is 2.01. The van der Waals surface area contributed by atoms with Gasteiger partial charge in [-0.05, 0) is 12.1 Å². The molecular formula is C11H6ClFN2O. The molecule has 0 aliphatic heterocycles. The lowest BCUT2D eigenvalue weighted by molar-refractivity contribution is 0.103. The van der Waals surface area contributed by atoms with Crippen LogP contribution in [0.4, 0.5) is 4.39 Å². The highest BCUT2D eigenvalue weighted by Gasteiger charge is 2.17. The van der Waals surface area contributed by atoms with Gasteiger partial charge in [-0.25, -0.2) is 14.4 Å². The van der Waals surface area contributed by atoms with Crippen molar-refractivity contribution in [1.82, 2.24) is 9.97 Å². The summed E-state index contributed by atoms with van der Waals surface area (Å²) in [5, 5.41) is 0.0776. The summed E-state index contributed by atoms with van der Waals surface area (Å²) in [5.41, 5.74) is 0.0495. The number of carbonyl (C=O) groups is 1. The summed E-state index contributed by atoms with van der Waals surface area (Å²) in [6, 6.07) is 4.08. The average Bonchev–Trinajstić information content (AvgIpc) is 2.30. The molecule has 0 amide bonds. The van der Waals surface area contributed by atoms with Crippen LogP contribution in [0.5, 0.6) is 0 Å². The standard InChI is InChI=1S/C11H6ClFN2O/c12-8-2-1-3-9(13)10(8)11(16)7-4-14-6-15-5-7/h1-6H. The monoisotopic (exact) mass is 236 g/mol. The average molecular weight is 237 g/mol. The van der Waals surface area contributed by atoms with E-state index in [-0.39, 0.29) is 16.1 Å². The van der Waals surface area contributed by atoms with Gasteiger partial charge in [0.25, 0.3) is 0 Å². The molecule has 0 atom stereocenters. The molecule has 1 aromatic carbocycles. The zero-order valence-electron chi connectivity index (χ0n) is 8.02. The van der Waals surface area contributed by atoms with Gasteiger partial charge in [0, 0.05) is 12.4 Å². The highest BCUT2D eigenvalue weighted by molar-refractivity contribution is 6.35. The molecular weight excluding hydrogens is 231 g/mol. The molecule has 0 radical (unpaired) electrons. The fourth-order valence-corrected chi connectivity index (χ4v) is 1.52. The van der Waals surface area contributed by atoms with Crippen molar-refractivity contribution in [3.63, 3.8) is 0 Å². The first-order valence-corrected chi connectivity index (χ1v) is 4.81. The number of hydrogen-bond acceptors (Lipinski definition) is 3. The Morgan fingerprint density at radius 1 is 1.25 bits per heavy atom. The molecule has 0 bridgehead atoms. The van der Waals surface area contributed by atoms with Crippen LogP contribution in [-0.4, -0.2) is 15.8 Å². The van der Waals surface area contributed by atoms with Gasteiger partial charge in [-0.2, -0.15) is 0 Å². The second-order valence-corrected chi connectivity index (χ2v) is 3.46. The molecule has 0 saturated carbocycles. The summed E-state index contributed by atoms with van der Waals surface area (Å²) in [4.78, 5) is 19.3. The van der Waals surface area contributed by atoms with E-state index < -0.39 is 11.6 Å². The Bertz CT molecular complexity index is 511. The molecule has 0 spiro atoms. The number of rotatable bonds is 2. The minimum atomic E-state index is -0.652. The van der Waals surface area contributed by atoms with E-state index in [9.17, 15) is 9.18 Å². The Labute approximate surface area is 95.9 Å². The van der Waals surface area contributed by atoms with Crippen molar-refractivity contribution in [3.8, 4) is 0 Å². The predicted octanol–water partition coefficient (Wildman–Crippen LogP) is 2.50. The van der Waals surface area contributed by atoms with Crippen molar-refractivity contribution < 1.29 is 9.18 Å². The van der Waals surface area contributed by atoms with Crippen LogP contribution < -0.4 is 0 Å². The van der Waals surface area contributed by atoms with Gasteiger partial charge in [-0.3, -0.25) is 4.79 Å². The SMILES string of the molecule is O=C(c1cncnc1)c1c(F)cccc1Cl. The first-order valence-electron chi connectivity index (χ1n) is 4.44. The first-order chi connectivity index (χ1) is 7.70. The molecule has 0 saturated heterocycles. The number of aromatic nitrogens is 2. The Balaban J connectivity index is 2.50. The molecule has 0 aliphatic rings. The van der Waals surface area contributed by atoms with Crippen LogP contribution in [0.25, 0.3) is 0 Å². The molecule has 2 rings (SSSR count). The largest absolute Gasteiger partial charge is 0.288 e. The fourth-order valence-electron chi connectivity index (χ4n) is 1.28. The Kier molecular flexibility index (Phi) is 2.92. The van der Waals surface area contributed by atoms with Crippen molar-refractivity contribution in [2.24, 2.45) is 0 Å². The third kappa shape index (κ3) is 1.92. The Morgan fingerprint density at radius 3 is 2.56 bits per heavy atom. The van der Waals surface area contributed by atoms with E-state index in [1.54, 1.807) is 0 Å². The molecule has 0 aliphatic carbocycles. The van der Waals surface area contributed by atoms with Crippen molar-refractivity contribution >= 4 is 17.4 Å². The lowest BCUT2D eigenvalue weighted by Crippen LogP contribution is -2.06. The van der Waals surface area contributed by atoms with Gasteiger partial charge in [-0.15, -0.1) is 0 Å². The zero-order chi connectivity index (χ0) is 11.5. The Morgan fingerprint density at radius 2 is 1.94 bits per heavy atom. The first kappa shape index (κ1) is 10.7. The number of nitrogens with zero attached hydrogens (tertiary/aromatic N) is 2. The van der Waals surface area contributed by atoms with Crippen LogP contribution in [0.3, 0.4) is 0 Å². The van der Waals surface area contributed by atoms with E-state index >= 15 is 0 Å². The fraction of sp³-hybridized carbons (Fsp3) is 0. The molecule has 2 aromatic rings. The highest BCUT2D eigenvalue weighted by atomic mass is 35.5. The molecule has 80 valence electrons. The van der Waals surface area contributed by atoms with E-state index in [0.29, 0.717) is 0 Å². The summed E-state index contributed by atoms with van der Waals surface area (Å²) < 4.78 is 13.4. The van der Waals surface area contributed by atoms with E-state index in [1.807, 2.05) is 0 Å². The molecule has 1 aromatic heterocycles. The lowest BCUT2D eigenvalue weighted by Gasteiger charge is -2.03. The second kappa shape index (κ2) is 4.37. The minimum absolute atomic E-state index is 0.0776. The van der Waals surface area contributed by atoms with Gasteiger partial charge in [0.1, 0.15) is 12.1 Å². The van der Waals surface area contributed by atoms with E-state index in [1.165, 1.54) is 36.9 Å². The molecule has 16 heavy (non-hydrogen) atoms. The van der Waals surface area contributed by atoms with Crippen LogP contribution in [0.2, 0.25) is 5.02 Å². The summed E-state index contributed by atoms with van der Waals surface area (Å²) >= 11 is 5.77. The van der Waals surface area contributed by atoms with E-state index in [0.717, 1.165) is 0 Å². The van der Waals surface area contributed by atoms with E-state index in [2.05, 4.69) is 9.97 Å². The van der Waals surface area contributed by atoms with Gasteiger partial charge >= 0.3 is 0 Å². The van der Waals surface area contributed by atoms with Crippen LogP contribution in [0.15, 0.2) is 36.9 Å². The summed E-state index contributed by atoms with van der Waals surface area (Å²) in [7, 11) is 0. The Hall–Kier alpha value is -1.81. The van der Waals surface area contributed by atoms with Crippen molar-refractivity contribution in [3.05, 3.63) is 58.9 Å². The third-order valence-corrected chi connectivity index (χ3v) is 2.33. The maximum atomic E-state index is 13.4. The van der Waals surface area contributed by atoms with Crippen LogP contribution in [0, 0.1) is 5.82 Å². The quantitative estimate of drug-likeness (QED) is 0.753. The molecule has 0 N–H and O–H groups in total. The summed E-state index contributed by atoms with van der Waals surface area (Å²) in [6.07, 6.45) is 3.93. The smallest absolute Gasteiger partial charge is 0.200 e. The van der Waals surface area contributed by atoms with Crippen LogP contribution in [-0.2, 0) is 0 Å². The number of carbonyl (C=O) groups excluding carboxylic acids is 1. The number of halogens is 2. The van der Waals surface area contributed by atoms with Gasteiger partial charge in [0.05, 0.1) is 16.1 Å².